The minimum atomic E-state index is 0.0329. The molecule has 0 unspecified atom stereocenters. The van der Waals surface area contributed by atoms with E-state index in [0.717, 1.165) is 16.3 Å². The number of phenols is 1. The van der Waals surface area contributed by atoms with Crippen molar-refractivity contribution in [3.8, 4) is 40.3 Å². The first-order valence-corrected chi connectivity index (χ1v) is 10.9. The average Bonchev–Trinajstić information content (AvgIpc) is 2.82. The normalized spacial score (nSPS) is 11.1. The van der Waals surface area contributed by atoms with E-state index in [-0.39, 0.29) is 11.8 Å². The van der Waals surface area contributed by atoms with Crippen molar-refractivity contribution in [2.24, 2.45) is 0 Å². The van der Waals surface area contributed by atoms with Crippen LogP contribution in [-0.4, -0.2) is 33.3 Å². The quantitative estimate of drug-likeness (QED) is 0.328. The Kier molecular flexibility index (Phi) is 5.48. The SMILES string of the molecule is CCOc1ccc(-c2nc(OCC)nc(-c3ccc4cc5ccccc5cc4c3)n2)c(O)c1. The van der Waals surface area contributed by atoms with Gasteiger partial charge in [0.15, 0.2) is 11.6 Å². The molecule has 5 aromatic rings. The second-order valence-electron chi connectivity index (χ2n) is 7.57. The first-order chi connectivity index (χ1) is 16.1. The van der Waals surface area contributed by atoms with Crippen molar-refractivity contribution >= 4 is 21.5 Å². The minimum absolute atomic E-state index is 0.0329. The van der Waals surface area contributed by atoms with Gasteiger partial charge < -0.3 is 14.6 Å². The molecule has 0 saturated heterocycles. The lowest BCUT2D eigenvalue weighted by Gasteiger charge is -2.11. The van der Waals surface area contributed by atoms with Crippen LogP contribution < -0.4 is 9.47 Å². The molecule has 0 aliphatic rings. The third-order valence-corrected chi connectivity index (χ3v) is 5.37. The summed E-state index contributed by atoms with van der Waals surface area (Å²) in [4.78, 5) is 13.6. The van der Waals surface area contributed by atoms with Crippen LogP contribution in [0.2, 0.25) is 0 Å². The molecule has 1 heterocycles. The van der Waals surface area contributed by atoms with Gasteiger partial charge in [0.2, 0.25) is 0 Å². The molecule has 0 atom stereocenters. The molecule has 0 radical (unpaired) electrons. The van der Waals surface area contributed by atoms with Crippen LogP contribution in [0.1, 0.15) is 13.8 Å². The molecule has 6 nitrogen and oxygen atoms in total. The third kappa shape index (κ3) is 4.15. The fourth-order valence-electron chi connectivity index (χ4n) is 3.84. The second-order valence-corrected chi connectivity index (χ2v) is 7.57. The number of aromatic nitrogens is 3. The molecule has 0 aliphatic carbocycles. The molecule has 0 bridgehead atoms. The highest BCUT2D eigenvalue weighted by atomic mass is 16.5. The first kappa shape index (κ1) is 20.7. The summed E-state index contributed by atoms with van der Waals surface area (Å²) < 4.78 is 11.1. The Morgan fingerprint density at radius 2 is 1.36 bits per heavy atom. The van der Waals surface area contributed by atoms with E-state index in [1.54, 1.807) is 18.2 Å². The molecule has 6 heteroatoms. The summed E-state index contributed by atoms with van der Waals surface area (Å²) >= 11 is 0. The second kappa shape index (κ2) is 8.74. The number of phenolic OH excluding ortho intramolecular Hbond substituents is 1. The van der Waals surface area contributed by atoms with Gasteiger partial charge in [0.05, 0.1) is 18.8 Å². The molecule has 4 aromatic carbocycles. The van der Waals surface area contributed by atoms with E-state index < -0.39 is 0 Å². The van der Waals surface area contributed by atoms with Crippen LogP contribution in [0.5, 0.6) is 17.5 Å². The van der Waals surface area contributed by atoms with Crippen LogP contribution in [0.4, 0.5) is 0 Å². The molecular formula is C27H23N3O3. The fraction of sp³-hybridized carbons (Fsp3) is 0.148. The Hall–Kier alpha value is -4.19. The van der Waals surface area contributed by atoms with E-state index in [9.17, 15) is 5.11 Å². The molecule has 0 aliphatic heterocycles. The van der Waals surface area contributed by atoms with E-state index in [1.165, 1.54) is 10.8 Å². The zero-order valence-electron chi connectivity index (χ0n) is 18.4. The van der Waals surface area contributed by atoms with Gasteiger partial charge in [0.25, 0.3) is 0 Å². The Bertz CT molecular complexity index is 1470. The van der Waals surface area contributed by atoms with Crippen LogP contribution in [0.25, 0.3) is 44.3 Å². The van der Waals surface area contributed by atoms with Crippen LogP contribution in [-0.2, 0) is 0 Å². The molecular weight excluding hydrogens is 414 g/mol. The van der Waals surface area contributed by atoms with Crippen molar-refractivity contribution in [1.29, 1.82) is 0 Å². The molecule has 0 spiro atoms. The number of aromatic hydroxyl groups is 1. The van der Waals surface area contributed by atoms with Crippen molar-refractivity contribution in [3.63, 3.8) is 0 Å². The van der Waals surface area contributed by atoms with Crippen molar-refractivity contribution < 1.29 is 14.6 Å². The number of hydrogen-bond acceptors (Lipinski definition) is 6. The maximum absolute atomic E-state index is 10.6. The van der Waals surface area contributed by atoms with Gasteiger partial charge in [-0.3, -0.25) is 0 Å². The highest BCUT2D eigenvalue weighted by Gasteiger charge is 2.15. The molecule has 1 aromatic heterocycles. The van der Waals surface area contributed by atoms with Crippen LogP contribution in [0.3, 0.4) is 0 Å². The topological polar surface area (TPSA) is 77.4 Å². The van der Waals surface area contributed by atoms with E-state index >= 15 is 0 Å². The standard InChI is InChI=1S/C27H23N3O3/c1-3-32-22-11-12-23(24(31)16-22)26-28-25(29-27(30-26)33-4-2)20-10-9-19-13-17-7-5-6-8-18(17)14-21(19)15-20/h5-16,31H,3-4H2,1-2H3. The third-order valence-electron chi connectivity index (χ3n) is 5.37. The molecule has 33 heavy (non-hydrogen) atoms. The Morgan fingerprint density at radius 1 is 0.667 bits per heavy atom. The molecule has 164 valence electrons. The van der Waals surface area contributed by atoms with Crippen molar-refractivity contribution in [2.45, 2.75) is 13.8 Å². The Balaban J connectivity index is 1.62. The van der Waals surface area contributed by atoms with Gasteiger partial charge in [-0.1, -0.05) is 36.4 Å². The number of hydrogen-bond donors (Lipinski definition) is 1. The minimum Gasteiger partial charge on any atom is -0.507 e. The zero-order chi connectivity index (χ0) is 22.8. The number of fused-ring (bicyclic) bond motifs is 2. The molecule has 0 fully saturated rings. The van der Waals surface area contributed by atoms with Crippen molar-refractivity contribution in [2.75, 3.05) is 13.2 Å². The maximum Gasteiger partial charge on any atom is 0.320 e. The van der Waals surface area contributed by atoms with Gasteiger partial charge >= 0.3 is 6.01 Å². The largest absolute Gasteiger partial charge is 0.507 e. The summed E-state index contributed by atoms with van der Waals surface area (Å²) in [6.07, 6.45) is 0. The highest BCUT2D eigenvalue weighted by molar-refractivity contribution is 5.99. The van der Waals surface area contributed by atoms with Gasteiger partial charge in [-0.05, 0) is 65.7 Å². The first-order valence-electron chi connectivity index (χ1n) is 10.9. The summed E-state index contributed by atoms with van der Waals surface area (Å²) in [7, 11) is 0. The van der Waals surface area contributed by atoms with Crippen LogP contribution in [0.15, 0.2) is 72.8 Å². The molecule has 0 saturated carbocycles. The smallest absolute Gasteiger partial charge is 0.320 e. The summed E-state index contributed by atoms with van der Waals surface area (Å²) in [5.74, 6) is 1.43. The van der Waals surface area contributed by atoms with Gasteiger partial charge in [-0.25, -0.2) is 4.98 Å². The van der Waals surface area contributed by atoms with Gasteiger partial charge in [0.1, 0.15) is 11.5 Å². The highest BCUT2D eigenvalue weighted by Crippen LogP contribution is 2.33. The lowest BCUT2D eigenvalue weighted by atomic mass is 10.0. The number of ether oxygens (including phenoxy) is 2. The van der Waals surface area contributed by atoms with Gasteiger partial charge in [0, 0.05) is 11.6 Å². The monoisotopic (exact) mass is 437 g/mol. The van der Waals surface area contributed by atoms with Crippen molar-refractivity contribution in [1.82, 2.24) is 15.0 Å². The van der Waals surface area contributed by atoms with Gasteiger partial charge in [-0.2, -0.15) is 9.97 Å². The van der Waals surface area contributed by atoms with E-state index in [1.807, 2.05) is 32.0 Å². The fourth-order valence-corrected chi connectivity index (χ4v) is 3.84. The maximum atomic E-state index is 10.6. The summed E-state index contributed by atoms with van der Waals surface area (Å²) in [6.45, 7) is 4.70. The lowest BCUT2D eigenvalue weighted by molar-refractivity contribution is 0.312. The van der Waals surface area contributed by atoms with E-state index in [2.05, 4.69) is 51.4 Å². The van der Waals surface area contributed by atoms with Crippen LogP contribution in [0, 0.1) is 0 Å². The summed E-state index contributed by atoms with van der Waals surface area (Å²) in [5.41, 5.74) is 1.32. The molecule has 0 amide bonds. The number of benzene rings is 4. The summed E-state index contributed by atoms with van der Waals surface area (Å²) in [5, 5.41) is 15.2. The number of nitrogens with zero attached hydrogens (tertiary/aromatic N) is 3. The summed E-state index contributed by atoms with van der Waals surface area (Å²) in [6, 6.07) is 24.0. The average molecular weight is 437 g/mol. The van der Waals surface area contributed by atoms with Gasteiger partial charge in [-0.15, -0.1) is 0 Å². The molecule has 1 N–H and O–H groups in total. The zero-order valence-corrected chi connectivity index (χ0v) is 18.4. The van der Waals surface area contributed by atoms with Crippen molar-refractivity contribution in [3.05, 3.63) is 72.8 Å². The predicted molar refractivity (Wildman–Crippen MR) is 130 cm³/mol. The Morgan fingerprint density at radius 3 is 2.09 bits per heavy atom. The predicted octanol–water partition coefficient (Wildman–Crippen LogP) is 6.02. The Labute approximate surface area is 191 Å². The van der Waals surface area contributed by atoms with E-state index in [4.69, 9.17) is 9.47 Å². The van der Waals surface area contributed by atoms with Crippen LogP contribution >= 0.6 is 0 Å². The molecule has 5 rings (SSSR count). The lowest BCUT2D eigenvalue weighted by Crippen LogP contribution is -2.03. The van der Waals surface area contributed by atoms with E-state index in [0.29, 0.717) is 36.2 Å². The number of rotatable bonds is 6.